The number of thioether (sulfide) groups is 1. The second kappa shape index (κ2) is 10.8. The molecule has 0 fully saturated rings. The van der Waals surface area contributed by atoms with E-state index >= 15 is 0 Å². The van der Waals surface area contributed by atoms with Crippen LogP contribution >= 0.6 is 11.8 Å². The van der Waals surface area contributed by atoms with Gasteiger partial charge in [0.2, 0.25) is 5.91 Å². The van der Waals surface area contributed by atoms with Crippen molar-refractivity contribution in [3.05, 3.63) is 58.1 Å². The molecule has 0 saturated carbocycles. The van der Waals surface area contributed by atoms with Crippen molar-refractivity contribution in [3.8, 4) is 5.75 Å². The summed E-state index contributed by atoms with van der Waals surface area (Å²) in [6.07, 6.45) is 0. The molecule has 0 heterocycles. The zero-order valence-corrected chi connectivity index (χ0v) is 19.0. The first kappa shape index (κ1) is 24.9. The van der Waals surface area contributed by atoms with Gasteiger partial charge in [0.15, 0.2) is 12.4 Å². The summed E-state index contributed by atoms with van der Waals surface area (Å²) >= 11 is 1.12. The minimum Gasteiger partial charge on any atom is -0.494 e. The smallest absolute Gasteiger partial charge is 0.339 e. The van der Waals surface area contributed by atoms with Crippen molar-refractivity contribution in [2.75, 3.05) is 24.8 Å². The monoisotopic (exact) mass is 460 g/mol. The molecule has 0 saturated heterocycles. The van der Waals surface area contributed by atoms with Crippen molar-refractivity contribution in [2.24, 2.45) is 5.41 Å². The maximum atomic E-state index is 12.4. The molecule has 9 nitrogen and oxygen atoms in total. The Bertz CT molecular complexity index is 1030. The van der Waals surface area contributed by atoms with E-state index in [0.717, 1.165) is 11.8 Å². The molecule has 0 spiro atoms. The van der Waals surface area contributed by atoms with Crippen molar-refractivity contribution >= 4 is 40.8 Å². The summed E-state index contributed by atoms with van der Waals surface area (Å²) in [7, 11) is 1.34. The molecule has 2 aromatic rings. The zero-order valence-electron chi connectivity index (χ0n) is 18.2. The van der Waals surface area contributed by atoms with Crippen molar-refractivity contribution < 1.29 is 28.8 Å². The lowest BCUT2D eigenvalue weighted by molar-refractivity contribution is -0.384. The summed E-state index contributed by atoms with van der Waals surface area (Å²) in [5, 5.41) is 13.5. The number of carbonyl (C=O) groups excluding carboxylic acids is 3. The molecule has 2 rings (SSSR count). The molecule has 2 aromatic carbocycles. The minimum absolute atomic E-state index is 0.0364. The summed E-state index contributed by atoms with van der Waals surface area (Å²) in [5.74, 6) is -1.13. The maximum absolute atomic E-state index is 12.4. The van der Waals surface area contributed by atoms with Crippen molar-refractivity contribution in [3.63, 3.8) is 0 Å². The van der Waals surface area contributed by atoms with Gasteiger partial charge in [0.1, 0.15) is 5.75 Å². The van der Waals surface area contributed by atoms with E-state index in [1.165, 1.54) is 25.3 Å². The summed E-state index contributed by atoms with van der Waals surface area (Å²) in [5.41, 5.74) is -0.241. The number of ketones is 1. The Kier molecular flexibility index (Phi) is 8.36. The van der Waals surface area contributed by atoms with Crippen molar-refractivity contribution in [1.29, 1.82) is 0 Å². The number of nitro benzene ring substituents is 1. The summed E-state index contributed by atoms with van der Waals surface area (Å²) in [6.45, 7) is 4.89. The Morgan fingerprint density at radius 3 is 2.44 bits per heavy atom. The van der Waals surface area contributed by atoms with E-state index in [2.05, 4.69) is 5.32 Å². The molecule has 170 valence electrons. The van der Waals surface area contributed by atoms with Gasteiger partial charge in [0.05, 0.1) is 35.1 Å². The van der Waals surface area contributed by atoms with Crippen molar-refractivity contribution in [1.82, 2.24) is 0 Å². The number of methoxy groups -OCH3 is 1. The molecule has 1 amide bonds. The van der Waals surface area contributed by atoms with Gasteiger partial charge in [0.25, 0.3) is 5.69 Å². The number of rotatable bonds is 9. The molecule has 0 aliphatic rings. The third kappa shape index (κ3) is 6.81. The van der Waals surface area contributed by atoms with Gasteiger partial charge < -0.3 is 14.8 Å². The van der Waals surface area contributed by atoms with E-state index in [-0.39, 0.29) is 40.8 Å². The van der Waals surface area contributed by atoms with Crippen LogP contribution in [0.3, 0.4) is 0 Å². The Labute approximate surface area is 189 Å². The number of nitrogens with one attached hydrogen (secondary N) is 1. The number of ether oxygens (including phenoxy) is 2. The molecule has 0 radical (unpaired) electrons. The number of nitro groups is 1. The van der Waals surface area contributed by atoms with E-state index in [0.29, 0.717) is 4.90 Å². The topological polar surface area (TPSA) is 125 Å². The van der Waals surface area contributed by atoms with Crippen LogP contribution in [0, 0.1) is 15.5 Å². The van der Waals surface area contributed by atoms with Gasteiger partial charge in [-0.05, 0) is 18.2 Å². The van der Waals surface area contributed by atoms with E-state index in [1.807, 2.05) is 0 Å². The molecule has 0 atom stereocenters. The fraction of sp³-hybridized carbons (Fsp3) is 0.318. The van der Waals surface area contributed by atoms with Gasteiger partial charge in [-0.1, -0.05) is 32.9 Å². The number of esters is 1. The van der Waals surface area contributed by atoms with Gasteiger partial charge in [-0.25, -0.2) is 4.79 Å². The lowest BCUT2D eigenvalue weighted by Crippen LogP contribution is -2.26. The number of benzene rings is 2. The molecule has 0 aromatic heterocycles. The first-order valence-corrected chi connectivity index (χ1v) is 10.6. The third-order valence-electron chi connectivity index (χ3n) is 4.31. The fourth-order valence-electron chi connectivity index (χ4n) is 2.41. The number of Topliss-reactive ketones (excluding diaryl/α,β-unsaturated/α-hetero) is 1. The Hall–Kier alpha value is -3.40. The second-order valence-electron chi connectivity index (χ2n) is 7.72. The van der Waals surface area contributed by atoms with E-state index in [1.54, 1.807) is 45.0 Å². The first-order valence-electron chi connectivity index (χ1n) is 9.57. The largest absolute Gasteiger partial charge is 0.494 e. The normalized spacial score (nSPS) is 10.9. The third-order valence-corrected chi connectivity index (χ3v) is 5.38. The molecule has 10 heteroatoms. The van der Waals surface area contributed by atoms with Crippen LogP contribution in [0.4, 0.5) is 11.4 Å². The van der Waals surface area contributed by atoms with Crippen molar-refractivity contribution in [2.45, 2.75) is 25.7 Å². The predicted molar refractivity (Wildman–Crippen MR) is 120 cm³/mol. The Balaban J connectivity index is 2.03. The van der Waals surface area contributed by atoms with E-state index in [4.69, 9.17) is 9.47 Å². The number of nitrogens with zero attached hydrogens (tertiary/aromatic N) is 1. The predicted octanol–water partition coefficient (Wildman–Crippen LogP) is 4.11. The number of anilines is 1. The second-order valence-corrected chi connectivity index (χ2v) is 8.74. The number of hydrogen-bond donors (Lipinski definition) is 1. The molecule has 1 N–H and O–H groups in total. The van der Waals surface area contributed by atoms with Gasteiger partial charge in [-0.15, -0.1) is 11.8 Å². The minimum atomic E-state index is -0.650. The van der Waals surface area contributed by atoms with Gasteiger partial charge in [-0.2, -0.15) is 0 Å². The van der Waals surface area contributed by atoms with Crippen LogP contribution in [0.2, 0.25) is 0 Å². The van der Waals surface area contributed by atoms with E-state index in [9.17, 15) is 24.5 Å². The van der Waals surface area contributed by atoms with Gasteiger partial charge >= 0.3 is 5.97 Å². The lowest BCUT2D eigenvalue weighted by Gasteiger charge is -2.16. The van der Waals surface area contributed by atoms with Gasteiger partial charge in [0, 0.05) is 16.4 Å². The highest BCUT2D eigenvalue weighted by atomic mass is 32.2. The maximum Gasteiger partial charge on any atom is 0.339 e. The van der Waals surface area contributed by atoms with Crippen LogP contribution in [-0.2, 0) is 14.3 Å². The van der Waals surface area contributed by atoms with Crippen LogP contribution in [0.25, 0.3) is 0 Å². The molecule has 0 bridgehead atoms. The molecular formula is C22H24N2O7S. The number of hydrogen-bond acceptors (Lipinski definition) is 8. The Morgan fingerprint density at radius 1 is 1.12 bits per heavy atom. The quantitative estimate of drug-likeness (QED) is 0.257. The summed E-state index contributed by atoms with van der Waals surface area (Å²) < 4.78 is 10.3. The van der Waals surface area contributed by atoms with Crippen LogP contribution in [0.1, 0.15) is 31.1 Å². The molecule has 0 aliphatic heterocycles. The molecular weight excluding hydrogens is 436 g/mol. The molecule has 0 aliphatic carbocycles. The van der Waals surface area contributed by atoms with Crippen LogP contribution in [-0.4, -0.2) is 42.1 Å². The van der Waals surface area contributed by atoms with Gasteiger partial charge in [-0.3, -0.25) is 19.7 Å². The highest BCUT2D eigenvalue weighted by molar-refractivity contribution is 8.00. The highest BCUT2D eigenvalue weighted by Gasteiger charge is 2.23. The average Bonchev–Trinajstić information content (AvgIpc) is 2.75. The standard InChI is InChI=1S/C22H24N2O7S/c1-22(2,3)19(25)12-31-21(27)15-7-5-6-8-18(15)32-13-20(26)23-16-10-9-14(24(28)29)11-17(16)30-4/h5-11H,12-13H2,1-4H3,(H,23,26). The SMILES string of the molecule is COc1cc([N+](=O)[O-])ccc1NC(=O)CSc1ccccc1C(=O)OCC(=O)C(C)(C)C. The lowest BCUT2D eigenvalue weighted by atomic mass is 9.91. The summed E-state index contributed by atoms with van der Waals surface area (Å²) in [4.78, 5) is 47.7. The van der Waals surface area contributed by atoms with Crippen LogP contribution < -0.4 is 10.1 Å². The average molecular weight is 461 g/mol. The first-order chi connectivity index (χ1) is 15.0. The number of carbonyl (C=O) groups is 3. The molecule has 0 unspecified atom stereocenters. The summed E-state index contributed by atoms with van der Waals surface area (Å²) in [6, 6.07) is 10.5. The number of non-ortho nitro benzene ring substituents is 1. The highest BCUT2D eigenvalue weighted by Crippen LogP contribution is 2.30. The van der Waals surface area contributed by atoms with E-state index < -0.39 is 22.2 Å². The molecule has 32 heavy (non-hydrogen) atoms. The Morgan fingerprint density at radius 2 is 1.81 bits per heavy atom. The zero-order chi connectivity index (χ0) is 23.9. The van der Waals surface area contributed by atoms with Crippen LogP contribution in [0.5, 0.6) is 5.75 Å². The number of amides is 1. The van der Waals surface area contributed by atoms with Crippen LogP contribution in [0.15, 0.2) is 47.4 Å². The fourth-order valence-corrected chi connectivity index (χ4v) is 3.25.